The Morgan fingerprint density at radius 2 is 1.45 bits per heavy atom. The molecule has 44 heavy (non-hydrogen) atoms. The molecule has 1 atom stereocenters. The number of hydrogen-bond acceptors (Lipinski definition) is 6. The van der Waals surface area contributed by atoms with E-state index in [1.807, 2.05) is 30.3 Å². The molecule has 1 aliphatic rings. The lowest BCUT2D eigenvalue weighted by atomic mass is 9.85. The molecule has 6 rings (SSSR count). The molecule has 4 aromatic carbocycles. The predicted molar refractivity (Wildman–Crippen MR) is 180 cm³/mol. The summed E-state index contributed by atoms with van der Waals surface area (Å²) in [5.41, 5.74) is 4.29. The van der Waals surface area contributed by atoms with Crippen LogP contribution in [0.5, 0.6) is 17.4 Å². The van der Waals surface area contributed by atoms with Crippen LogP contribution in [0.15, 0.2) is 115 Å². The summed E-state index contributed by atoms with van der Waals surface area (Å²) in [6.45, 7) is 7.76. The highest BCUT2D eigenvalue weighted by Gasteiger charge is 2.32. The average molecular weight is 603 g/mol. The van der Waals surface area contributed by atoms with Crippen molar-refractivity contribution in [3.63, 3.8) is 0 Å². The molecule has 224 valence electrons. The summed E-state index contributed by atoms with van der Waals surface area (Å²) in [6, 6.07) is 39.5. The summed E-state index contributed by atoms with van der Waals surface area (Å²) in [4.78, 5) is 4.83. The molecule has 1 N–H and O–H groups in total. The maximum atomic E-state index is 7.19. The molecule has 1 aliphatic heterocycles. The predicted octanol–water partition coefficient (Wildman–Crippen LogP) is 6.91. The topological polar surface area (TPSA) is 61.8 Å². The number of fused-ring (bicyclic) bond motifs is 1. The standard InChI is InChI=1S/C37H38N2O4Si/c1-37(2,3)35(43-44(28-15-7-5-8-16-28)29-17-9-6-10-18-29)26-13-11-14-27(25-26)38-32-22-21-31(39-36(32)40-4)30-19-12-20-33-34(30)42-24-23-41-33/h5-22,25,35,38,44H,23-24H2,1-4H3. The Bertz CT molecular complexity index is 1670. The lowest BCUT2D eigenvalue weighted by molar-refractivity contribution is 0.0897. The van der Waals surface area contributed by atoms with E-state index >= 15 is 0 Å². The summed E-state index contributed by atoms with van der Waals surface area (Å²) in [6.07, 6.45) is -0.129. The van der Waals surface area contributed by atoms with Gasteiger partial charge in [-0.05, 0) is 57.8 Å². The zero-order chi connectivity index (χ0) is 30.5. The van der Waals surface area contributed by atoms with Crippen molar-refractivity contribution in [2.75, 3.05) is 25.6 Å². The third-order valence-electron chi connectivity index (χ3n) is 7.63. The highest BCUT2D eigenvalue weighted by molar-refractivity contribution is 6.80. The summed E-state index contributed by atoms with van der Waals surface area (Å²) in [5, 5.41) is 6.06. The Labute approximate surface area is 261 Å². The van der Waals surface area contributed by atoms with E-state index in [2.05, 4.69) is 111 Å². The Morgan fingerprint density at radius 1 is 0.773 bits per heavy atom. The smallest absolute Gasteiger partial charge is 0.240 e. The van der Waals surface area contributed by atoms with E-state index in [4.69, 9.17) is 23.6 Å². The number of para-hydroxylation sites is 1. The SMILES string of the molecule is COc1nc(-c2cccc3c2OCCO3)ccc1Nc1cccc(C(O[SiH](c2ccccc2)c2ccccc2)C(C)(C)C)c1. The van der Waals surface area contributed by atoms with Crippen molar-refractivity contribution in [2.24, 2.45) is 5.41 Å². The van der Waals surface area contributed by atoms with Crippen LogP contribution in [0.1, 0.15) is 32.4 Å². The van der Waals surface area contributed by atoms with Crippen LogP contribution in [0.3, 0.4) is 0 Å². The summed E-state index contributed by atoms with van der Waals surface area (Å²) in [5.74, 6) is 1.93. The first-order chi connectivity index (χ1) is 21.4. The Morgan fingerprint density at radius 3 is 2.14 bits per heavy atom. The van der Waals surface area contributed by atoms with E-state index in [0.717, 1.165) is 33.9 Å². The van der Waals surface area contributed by atoms with Gasteiger partial charge in [-0.15, -0.1) is 0 Å². The van der Waals surface area contributed by atoms with E-state index in [9.17, 15) is 0 Å². The van der Waals surface area contributed by atoms with Gasteiger partial charge in [0.2, 0.25) is 14.9 Å². The molecule has 6 nitrogen and oxygen atoms in total. The van der Waals surface area contributed by atoms with Gasteiger partial charge in [0, 0.05) is 11.3 Å². The first-order valence-electron chi connectivity index (χ1n) is 15.0. The Balaban J connectivity index is 1.30. The zero-order valence-corrected chi connectivity index (χ0v) is 26.8. The summed E-state index contributed by atoms with van der Waals surface area (Å²) < 4.78 is 24.6. The van der Waals surface area contributed by atoms with Gasteiger partial charge in [0.05, 0.1) is 18.9 Å². The fourth-order valence-corrected chi connectivity index (χ4v) is 8.26. The van der Waals surface area contributed by atoms with Gasteiger partial charge in [0.1, 0.15) is 18.9 Å². The molecular weight excluding hydrogens is 565 g/mol. The van der Waals surface area contributed by atoms with Gasteiger partial charge in [0.15, 0.2) is 11.5 Å². The second-order valence-electron chi connectivity index (χ2n) is 11.9. The quantitative estimate of drug-likeness (QED) is 0.185. The van der Waals surface area contributed by atoms with Crippen LogP contribution in [-0.4, -0.2) is 34.3 Å². The van der Waals surface area contributed by atoms with Crippen molar-refractivity contribution in [3.8, 4) is 28.6 Å². The molecule has 0 bridgehead atoms. The molecule has 0 radical (unpaired) electrons. The number of benzene rings is 4. The Kier molecular flexibility index (Phi) is 8.68. The fourth-order valence-electron chi connectivity index (χ4n) is 5.58. The molecule has 0 aliphatic carbocycles. The van der Waals surface area contributed by atoms with Crippen LogP contribution in [0.4, 0.5) is 11.4 Å². The van der Waals surface area contributed by atoms with Crippen molar-refractivity contribution >= 4 is 30.8 Å². The molecular formula is C37H38N2O4Si. The summed E-state index contributed by atoms with van der Waals surface area (Å²) >= 11 is 0. The van der Waals surface area contributed by atoms with Gasteiger partial charge in [0.25, 0.3) is 0 Å². The molecule has 7 heteroatoms. The van der Waals surface area contributed by atoms with Gasteiger partial charge in [-0.25, -0.2) is 4.98 Å². The average Bonchev–Trinajstić information content (AvgIpc) is 3.05. The zero-order valence-electron chi connectivity index (χ0n) is 25.6. The second-order valence-corrected chi connectivity index (χ2v) is 14.3. The molecule has 1 aromatic heterocycles. The molecule has 0 saturated heterocycles. The number of ether oxygens (including phenoxy) is 3. The van der Waals surface area contributed by atoms with Crippen LogP contribution in [0.25, 0.3) is 11.3 Å². The third-order valence-corrected chi connectivity index (χ3v) is 10.2. The van der Waals surface area contributed by atoms with E-state index in [1.165, 1.54) is 10.4 Å². The lowest BCUT2D eigenvalue weighted by Gasteiger charge is -2.35. The second kappa shape index (κ2) is 13.0. The van der Waals surface area contributed by atoms with Gasteiger partial charge >= 0.3 is 0 Å². The number of nitrogens with zero attached hydrogens (tertiary/aromatic N) is 1. The van der Waals surface area contributed by atoms with Crippen molar-refractivity contribution in [3.05, 3.63) is 121 Å². The lowest BCUT2D eigenvalue weighted by Crippen LogP contribution is -2.47. The maximum absolute atomic E-state index is 7.19. The van der Waals surface area contributed by atoms with Crippen molar-refractivity contribution < 1.29 is 18.6 Å². The van der Waals surface area contributed by atoms with Gasteiger partial charge in [-0.2, -0.15) is 0 Å². The van der Waals surface area contributed by atoms with E-state index in [0.29, 0.717) is 24.8 Å². The largest absolute Gasteiger partial charge is 0.486 e. The maximum Gasteiger partial charge on any atom is 0.240 e. The number of pyridine rings is 1. The normalized spacial score (nSPS) is 13.4. The minimum Gasteiger partial charge on any atom is -0.486 e. The van der Waals surface area contributed by atoms with Crippen LogP contribution in [-0.2, 0) is 4.43 Å². The van der Waals surface area contributed by atoms with E-state index in [-0.39, 0.29) is 11.5 Å². The van der Waals surface area contributed by atoms with Crippen molar-refractivity contribution in [1.82, 2.24) is 4.98 Å². The molecule has 5 aromatic rings. The Hall–Kier alpha value is -4.59. The minimum atomic E-state index is -1.99. The van der Waals surface area contributed by atoms with Gasteiger partial charge in [-0.3, -0.25) is 0 Å². The molecule has 0 saturated carbocycles. The van der Waals surface area contributed by atoms with Crippen molar-refractivity contribution in [2.45, 2.75) is 26.9 Å². The number of nitrogens with one attached hydrogen (secondary N) is 1. The van der Waals surface area contributed by atoms with Crippen LogP contribution >= 0.6 is 0 Å². The van der Waals surface area contributed by atoms with E-state index in [1.54, 1.807) is 7.11 Å². The fraction of sp³-hybridized carbons (Fsp3) is 0.216. The molecule has 0 fully saturated rings. The van der Waals surface area contributed by atoms with E-state index < -0.39 is 9.04 Å². The van der Waals surface area contributed by atoms with Gasteiger partial charge in [-0.1, -0.05) is 99.6 Å². The number of anilines is 2. The molecule has 0 spiro atoms. The number of methoxy groups -OCH3 is 1. The number of hydrogen-bond donors (Lipinski definition) is 1. The minimum absolute atomic E-state index is 0.129. The van der Waals surface area contributed by atoms with Crippen LogP contribution in [0.2, 0.25) is 0 Å². The number of aromatic nitrogens is 1. The number of rotatable bonds is 9. The highest BCUT2D eigenvalue weighted by atomic mass is 28.3. The van der Waals surface area contributed by atoms with Crippen LogP contribution in [0, 0.1) is 5.41 Å². The monoisotopic (exact) mass is 602 g/mol. The van der Waals surface area contributed by atoms with Crippen molar-refractivity contribution in [1.29, 1.82) is 0 Å². The molecule has 1 unspecified atom stereocenters. The summed E-state index contributed by atoms with van der Waals surface area (Å²) in [7, 11) is -0.356. The third kappa shape index (κ3) is 6.49. The first-order valence-corrected chi connectivity index (χ1v) is 16.6. The highest BCUT2D eigenvalue weighted by Crippen LogP contribution is 2.41. The van der Waals surface area contributed by atoms with Crippen LogP contribution < -0.4 is 29.9 Å². The molecule has 2 heterocycles. The van der Waals surface area contributed by atoms with Gasteiger partial charge < -0.3 is 24.0 Å². The molecule has 0 amide bonds. The first kappa shape index (κ1) is 29.5.